The molecule has 2 rings (SSSR count). The summed E-state index contributed by atoms with van der Waals surface area (Å²) < 4.78 is 10.5. The first kappa shape index (κ1) is 9.71. The normalized spacial score (nSPS) is 10.3. The summed E-state index contributed by atoms with van der Waals surface area (Å²) in [5, 5.41) is 3.84. The zero-order chi connectivity index (χ0) is 10.7. The molecule has 15 heavy (non-hydrogen) atoms. The maximum Gasteiger partial charge on any atom is 0.263 e. The van der Waals surface area contributed by atoms with Crippen LogP contribution in [0.5, 0.6) is 5.88 Å². The van der Waals surface area contributed by atoms with Gasteiger partial charge in [0.1, 0.15) is 11.3 Å². The number of hydrogen-bond acceptors (Lipinski definition) is 4. The molecule has 0 saturated carbocycles. The first-order chi connectivity index (χ1) is 7.33. The molecule has 2 aromatic heterocycles. The third-order valence-corrected chi connectivity index (χ3v) is 2.03. The van der Waals surface area contributed by atoms with Gasteiger partial charge < -0.3 is 9.26 Å². The molecule has 0 radical (unpaired) electrons. The van der Waals surface area contributed by atoms with Crippen LogP contribution >= 0.6 is 0 Å². The van der Waals surface area contributed by atoms with Crippen molar-refractivity contribution in [2.24, 2.45) is 0 Å². The molecular weight excluding hydrogens is 192 g/mol. The smallest absolute Gasteiger partial charge is 0.263 e. The Morgan fingerprint density at radius 3 is 2.93 bits per heavy atom. The Kier molecular flexibility index (Phi) is 2.67. The second-order valence-electron chi connectivity index (χ2n) is 3.07. The highest BCUT2D eigenvalue weighted by molar-refractivity contribution is 5.66. The summed E-state index contributed by atoms with van der Waals surface area (Å²) in [5.41, 5.74) is 1.65. The molecule has 78 valence electrons. The van der Waals surface area contributed by atoms with Crippen LogP contribution in [0.2, 0.25) is 0 Å². The van der Waals surface area contributed by atoms with Gasteiger partial charge in [-0.1, -0.05) is 6.07 Å². The van der Waals surface area contributed by atoms with E-state index in [4.69, 9.17) is 9.26 Å². The van der Waals surface area contributed by atoms with Gasteiger partial charge in [0.05, 0.1) is 12.3 Å². The quantitative estimate of drug-likeness (QED) is 0.770. The summed E-state index contributed by atoms with van der Waals surface area (Å²) >= 11 is 0. The largest absolute Gasteiger partial charge is 0.475 e. The van der Waals surface area contributed by atoms with Gasteiger partial charge >= 0.3 is 0 Å². The van der Waals surface area contributed by atoms with Crippen LogP contribution in [-0.2, 0) is 0 Å². The number of aromatic nitrogens is 2. The summed E-state index contributed by atoms with van der Waals surface area (Å²) in [7, 11) is 0. The maximum atomic E-state index is 5.37. The van der Waals surface area contributed by atoms with Crippen LogP contribution in [-0.4, -0.2) is 16.7 Å². The Balaban J connectivity index is 2.47. The standard InChI is InChI=1S/C11H12N2O2/c1-3-14-11-10(8(2)15-13-11)9-6-4-5-7-12-9/h4-7H,3H2,1-2H3. The van der Waals surface area contributed by atoms with Gasteiger partial charge in [0.25, 0.3) is 5.88 Å². The molecule has 2 aromatic rings. The number of aryl methyl sites for hydroxylation is 1. The highest BCUT2D eigenvalue weighted by Crippen LogP contribution is 2.30. The maximum absolute atomic E-state index is 5.37. The topological polar surface area (TPSA) is 48.2 Å². The fourth-order valence-electron chi connectivity index (χ4n) is 1.39. The first-order valence-electron chi connectivity index (χ1n) is 4.83. The Labute approximate surface area is 87.9 Å². The van der Waals surface area contributed by atoms with E-state index < -0.39 is 0 Å². The molecule has 4 heteroatoms. The van der Waals surface area contributed by atoms with Crippen LogP contribution in [0.1, 0.15) is 12.7 Å². The van der Waals surface area contributed by atoms with Gasteiger partial charge in [0.15, 0.2) is 0 Å². The molecule has 0 aromatic carbocycles. The van der Waals surface area contributed by atoms with E-state index in [2.05, 4.69) is 10.1 Å². The second kappa shape index (κ2) is 4.13. The highest BCUT2D eigenvalue weighted by Gasteiger charge is 2.16. The van der Waals surface area contributed by atoms with Crippen molar-refractivity contribution in [1.82, 2.24) is 10.1 Å². The number of pyridine rings is 1. The summed E-state index contributed by atoms with van der Waals surface area (Å²) in [4.78, 5) is 4.24. The number of hydrogen-bond donors (Lipinski definition) is 0. The van der Waals surface area contributed by atoms with Crippen LogP contribution in [0.15, 0.2) is 28.9 Å². The molecule has 0 aliphatic carbocycles. The fraction of sp³-hybridized carbons (Fsp3) is 0.273. The lowest BCUT2D eigenvalue weighted by molar-refractivity contribution is 0.292. The van der Waals surface area contributed by atoms with E-state index in [1.54, 1.807) is 6.20 Å². The molecular formula is C11H12N2O2. The number of nitrogens with zero attached hydrogens (tertiary/aromatic N) is 2. The molecule has 0 saturated heterocycles. The SMILES string of the molecule is CCOc1noc(C)c1-c1ccccn1. The zero-order valence-electron chi connectivity index (χ0n) is 8.73. The van der Waals surface area contributed by atoms with Crippen molar-refractivity contribution in [3.63, 3.8) is 0 Å². The van der Waals surface area contributed by atoms with Crippen molar-refractivity contribution in [2.45, 2.75) is 13.8 Å². The predicted molar refractivity (Wildman–Crippen MR) is 55.6 cm³/mol. The van der Waals surface area contributed by atoms with Crippen molar-refractivity contribution in [3.05, 3.63) is 30.2 Å². The Hall–Kier alpha value is -1.84. The average Bonchev–Trinajstić information content (AvgIpc) is 2.62. The molecule has 0 N–H and O–H groups in total. The molecule has 0 spiro atoms. The van der Waals surface area contributed by atoms with Crippen LogP contribution in [0.3, 0.4) is 0 Å². The Morgan fingerprint density at radius 1 is 1.40 bits per heavy atom. The van der Waals surface area contributed by atoms with E-state index in [1.807, 2.05) is 32.0 Å². The summed E-state index contributed by atoms with van der Waals surface area (Å²) in [6.45, 7) is 4.32. The highest BCUT2D eigenvalue weighted by atomic mass is 16.5. The van der Waals surface area contributed by atoms with E-state index in [0.29, 0.717) is 12.5 Å². The minimum atomic E-state index is 0.508. The van der Waals surface area contributed by atoms with Crippen LogP contribution in [0.4, 0.5) is 0 Å². The molecule has 0 fully saturated rings. The minimum absolute atomic E-state index is 0.508. The van der Waals surface area contributed by atoms with Gasteiger partial charge in [-0.3, -0.25) is 4.98 Å². The second-order valence-corrected chi connectivity index (χ2v) is 3.07. The minimum Gasteiger partial charge on any atom is -0.475 e. The lowest BCUT2D eigenvalue weighted by Gasteiger charge is -2.01. The molecule has 0 amide bonds. The van der Waals surface area contributed by atoms with E-state index in [9.17, 15) is 0 Å². The van der Waals surface area contributed by atoms with Crippen molar-refractivity contribution in [2.75, 3.05) is 6.61 Å². The lowest BCUT2D eigenvalue weighted by Crippen LogP contribution is -1.94. The number of rotatable bonds is 3. The van der Waals surface area contributed by atoms with Crippen molar-refractivity contribution in [3.8, 4) is 17.1 Å². The Bertz CT molecular complexity index is 437. The summed E-state index contributed by atoms with van der Waals surface area (Å²) in [6.07, 6.45) is 1.73. The average molecular weight is 204 g/mol. The van der Waals surface area contributed by atoms with E-state index in [1.165, 1.54) is 0 Å². The van der Waals surface area contributed by atoms with E-state index in [-0.39, 0.29) is 0 Å². The number of ether oxygens (including phenoxy) is 1. The zero-order valence-corrected chi connectivity index (χ0v) is 8.73. The van der Waals surface area contributed by atoms with Crippen molar-refractivity contribution in [1.29, 1.82) is 0 Å². The molecule has 0 atom stereocenters. The third-order valence-electron chi connectivity index (χ3n) is 2.03. The fourth-order valence-corrected chi connectivity index (χ4v) is 1.39. The monoisotopic (exact) mass is 204 g/mol. The molecule has 4 nitrogen and oxygen atoms in total. The van der Waals surface area contributed by atoms with Crippen LogP contribution < -0.4 is 4.74 Å². The van der Waals surface area contributed by atoms with Crippen LogP contribution in [0, 0.1) is 6.92 Å². The van der Waals surface area contributed by atoms with Gasteiger partial charge in [-0.25, -0.2) is 0 Å². The predicted octanol–water partition coefficient (Wildman–Crippen LogP) is 2.44. The van der Waals surface area contributed by atoms with Gasteiger partial charge in [0, 0.05) is 6.20 Å². The van der Waals surface area contributed by atoms with Gasteiger partial charge in [-0.05, 0) is 31.1 Å². The first-order valence-corrected chi connectivity index (χ1v) is 4.83. The molecule has 0 unspecified atom stereocenters. The molecule has 2 heterocycles. The van der Waals surface area contributed by atoms with E-state index in [0.717, 1.165) is 17.0 Å². The lowest BCUT2D eigenvalue weighted by atomic mass is 10.2. The van der Waals surface area contributed by atoms with Gasteiger partial charge in [-0.2, -0.15) is 0 Å². The Morgan fingerprint density at radius 2 is 2.27 bits per heavy atom. The molecule has 0 bridgehead atoms. The van der Waals surface area contributed by atoms with Gasteiger partial charge in [-0.15, -0.1) is 0 Å². The molecule has 0 aliphatic heterocycles. The van der Waals surface area contributed by atoms with Gasteiger partial charge in [0.2, 0.25) is 0 Å². The summed E-state index contributed by atoms with van der Waals surface area (Å²) in [6, 6.07) is 5.69. The summed E-state index contributed by atoms with van der Waals surface area (Å²) in [5.74, 6) is 1.23. The van der Waals surface area contributed by atoms with Crippen molar-refractivity contribution >= 4 is 0 Å². The third kappa shape index (κ3) is 1.83. The molecule has 0 aliphatic rings. The van der Waals surface area contributed by atoms with Crippen LogP contribution in [0.25, 0.3) is 11.3 Å². The van der Waals surface area contributed by atoms with E-state index >= 15 is 0 Å². The van der Waals surface area contributed by atoms with Crippen molar-refractivity contribution < 1.29 is 9.26 Å².